The zero-order valence-electron chi connectivity index (χ0n) is 16.4. The summed E-state index contributed by atoms with van der Waals surface area (Å²) in [5.41, 5.74) is 1.80. The second-order valence-electron chi connectivity index (χ2n) is 9.51. The summed E-state index contributed by atoms with van der Waals surface area (Å²) in [6, 6.07) is 2.59. The van der Waals surface area contributed by atoms with E-state index in [1.807, 2.05) is 0 Å². The highest BCUT2D eigenvalue weighted by Gasteiger charge is 2.60. The van der Waals surface area contributed by atoms with Crippen LogP contribution in [0.4, 0.5) is 0 Å². The molecular weight excluding hydrogens is 320 g/mol. The Kier molecular flexibility index (Phi) is 4.29. The van der Waals surface area contributed by atoms with Crippen LogP contribution in [0.2, 0.25) is 0 Å². The number of rotatable bonds is 2. The van der Waals surface area contributed by atoms with Gasteiger partial charge in [-0.1, -0.05) is 25.5 Å². The molecule has 1 amide bonds. The molecule has 3 nitrogen and oxygen atoms in total. The fraction of sp³-hybridized carbons (Fsp3) is 0.739. The Morgan fingerprint density at radius 2 is 2.12 bits per heavy atom. The first-order valence-electron chi connectivity index (χ1n) is 10.5. The minimum atomic E-state index is 0.0939. The lowest BCUT2D eigenvalue weighted by Crippen LogP contribution is -2.60. The lowest BCUT2D eigenvalue weighted by Gasteiger charge is -2.60. The molecule has 4 aliphatic rings. The monoisotopic (exact) mass is 352 g/mol. The minimum absolute atomic E-state index is 0.0939. The number of hydrogen-bond acceptors (Lipinski definition) is 2. The van der Waals surface area contributed by atoms with Crippen LogP contribution in [0.3, 0.4) is 0 Å². The second-order valence-corrected chi connectivity index (χ2v) is 9.51. The summed E-state index contributed by atoms with van der Waals surface area (Å²) in [5.74, 6) is 2.90. The largest absolute Gasteiger partial charge is 0.349 e. The molecule has 0 aromatic heterocycles. The Hall–Kier alpha value is -1.56. The average molecular weight is 353 g/mol. The summed E-state index contributed by atoms with van der Waals surface area (Å²) in [7, 11) is 0. The van der Waals surface area contributed by atoms with Gasteiger partial charge in [0.15, 0.2) is 0 Å². The van der Waals surface area contributed by atoms with Gasteiger partial charge in [0.05, 0.1) is 6.07 Å². The molecule has 0 saturated heterocycles. The molecule has 1 aliphatic heterocycles. The van der Waals surface area contributed by atoms with Crippen molar-refractivity contribution in [1.29, 1.82) is 5.26 Å². The number of nitriles is 1. The fourth-order valence-electron chi connectivity index (χ4n) is 7.72. The van der Waals surface area contributed by atoms with Crippen molar-refractivity contribution in [2.75, 3.05) is 0 Å². The minimum Gasteiger partial charge on any atom is -0.349 e. The van der Waals surface area contributed by atoms with Crippen LogP contribution in [0, 0.1) is 45.8 Å². The summed E-state index contributed by atoms with van der Waals surface area (Å²) < 4.78 is 0. The fourth-order valence-corrected chi connectivity index (χ4v) is 7.72. The molecule has 7 unspecified atom stereocenters. The van der Waals surface area contributed by atoms with Crippen molar-refractivity contribution in [3.8, 4) is 6.07 Å². The van der Waals surface area contributed by atoms with Gasteiger partial charge in [-0.25, -0.2) is 0 Å². The summed E-state index contributed by atoms with van der Waals surface area (Å²) in [6.07, 6.45) is 14.4. The van der Waals surface area contributed by atoms with E-state index >= 15 is 0 Å². The third-order valence-electron chi connectivity index (χ3n) is 8.88. The van der Waals surface area contributed by atoms with Crippen molar-refractivity contribution >= 4 is 5.91 Å². The first-order chi connectivity index (χ1) is 12.5. The lowest BCUT2D eigenvalue weighted by molar-refractivity contribution is -0.123. The van der Waals surface area contributed by atoms with Crippen LogP contribution in [-0.2, 0) is 4.79 Å². The van der Waals surface area contributed by atoms with Crippen LogP contribution in [0.5, 0.6) is 0 Å². The Morgan fingerprint density at radius 3 is 2.85 bits per heavy atom. The molecule has 0 bridgehead atoms. The van der Waals surface area contributed by atoms with Gasteiger partial charge in [-0.15, -0.1) is 0 Å². The molecule has 7 atom stereocenters. The van der Waals surface area contributed by atoms with Crippen molar-refractivity contribution < 1.29 is 4.79 Å². The molecule has 0 aromatic carbocycles. The topological polar surface area (TPSA) is 52.9 Å². The molecule has 26 heavy (non-hydrogen) atoms. The maximum absolute atomic E-state index is 11.9. The van der Waals surface area contributed by atoms with E-state index in [4.69, 9.17) is 5.26 Å². The standard InChI is InChI=1S/C23H32N2O/c1-4-23-13-10-21(26)25-20(23)8-5-16-18-7-6-17(15(2)11-14-24)22(18,3)12-9-19(16)23/h10-11,13,16-20H,4-9,12H2,1-3H3,(H,25,26)/b15-11+. The number of hydrogen-bond donors (Lipinski definition) is 1. The van der Waals surface area contributed by atoms with Gasteiger partial charge >= 0.3 is 0 Å². The molecule has 0 spiro atoms. The Labute approximate surface area is 157 Å². The highest BCUT2D eigenvalue weighted by molar-refractivity contribution is 5.89. The van der Waals surface area contributed by atoms with E-state index in [0.29, 0.717) is 23.3 Å². The summed E-state index contributed by atoms with van der Waals surface area (Å²) >= 11 is 0. The van der Waals surface area contributed by atoms with Crippen LogP contribution >= 0.6 is 0 Å². The third kappa shape index (κ3) is 2.34. The third-order valence-corrected chi connectivity index (χ3v) is 8.88. The van der Waals surface area contributed by atoms with Crippen molar-refractivity contribution in [3.63, 3.8) is 0 Å². The first kappa shape index (κ1) is 17.8. The van der Waals surface area contributed by atoms with Gasteiger partial charge in [0.1, 0.15) is 0 Å². The number of carbonyl (C=O) groups excluding carboxylic acids is 1. The smallest absolute Gasteiger partial charge is 0.243 e. The Balaban J connectivity index is 1.67. The molecule has 0 aromatic rings. The van der Waals surface area contributed by atoms with E-state index in [1.165, 1.54) is 37.7 Å². The second kappa shape index (κ2) is 6.25. The van der Waals surface area contributed by atoms with Gasteiger partial charge in [-0.2, -0.15) is 5.26 Å². The van der Waals surface area contributed by atoms with Crippen molar-refractivity contribution in [1.82, 2.24) is 5.32 Å². The zero-order chi connectivity index (χ0) is 18.5. The van der Waals surface area contributed by atoms with E-state index < -0.39 is 0 Å². The molecule has 3 fully saturated rings. The summed E-state index contributed by atoms with van der Waals surface area (Å²) in [5, 5.41) is 12.4. The molecule has 3 heteroatoms. The van der Waals surface area contributed by atoms with Gasteiger partial charge in [0.25, 0.3) is 0 Å². The van der Waals surface area contributed by atoms with Gasteiger partial charge in [-0.3, -0.25) is 4.79 Å². The number of allylic oxidation sites excluding steroid dienone is 2. The zero-order valence-corrected chi connectivity index (χ0v) is 16.4. The molecule has 3 aliphatic carbocycles. The van der Waals surface area contributed by atoms with Crippen molar-refractivity contribution in [2.45, 2.75) is 71.8 Å². The lowest BCUT2D eigenvalue weighted by atomic mass is 9.46. The van der Waals surface area contributed by atoms with Crippen molar-refractivity contribution in [2.24, 2.45) is 34.5 Å². The van der Waals surface area contributed by atoms with E-state index in [1.54, 1.807) is 12.2 Å². The van der Waals surface area contributed by atoms with Gasteiger partial charge < -0.3 is 5.32 Å². The van der Waals surface area contributed by atoms with Crippen LogP contribution in [-0.4, -0.2) is 11.9 Å². The highest BCUT2D eigenvalue weighted by atomic mass is 16.1. The molecule has 140 valence electrons. The van der Waals surface area contributed by atoms with E-state index in [2.05, 4.69) is 38.2 Å². The van der Waals surface area contributed by atoms with E-state index in [9.17, 15) is 4.79 Å². The summed E-state index contributed by atoms with van der Waals surface area (Å²) in [6.45, 7) is 6.98. The maximum atomic E-state index is 11.9. The average Bonchev–Trinajstić information content (AvgIpc) is 2.99. The number of nitrogens with zero attached hydrogens (tertiary/aromatic N) is 1. The van der Waals surface area contributed by atoms with Crippen LogP contribution in [0.25, 0.3) is 0 Å². The van der Waals surface area contributed by atoms with Crippen molar-refractivity contribution in [3.05, 3.63) is 23.8 Å². The van der Waals surface area contributed by atoms with Crippen LogP contribution in [0.15, 0.2) is 23.8 Å². The normalized spacial score (nSPS) is 47.4. The first-order valence-corrected chi connectivity index (χ1v) is 10.5. The predicted molar refractivity (Wildman–Crippen MR) is 103 cm³/mol. The molecule has 3 saturated carbocycles. The number of fused-ring (bicyclic) bond motifs is 5. The molecule has 1 N–H and O–H groups in total. The highest BCUT2D eigenvalue weighted by Crippen LogP contribution is 2.66. The number of nitrogens with one attached hydrogen (secondary N) is 1. The molecule has 1 heterocycles. The Bertz CT molecular complexity index is 701. The maximum Gasteiger partial charge on any atom is 0.243 e. The summed E-state index contributed by atoms with van der Waals surface area (Å²) in [4.78, 5) is 11.9. The number of carbonyl (C=O) groups is 1. The van der Waals surface area contributed by atoms with Gasteiger partial charge in [0.2, 0.25) is 5.91 Å². The van der Waals surface area contributed by atoms with Crippen LogP contribution in [0.1, 0.15) is 65.7 Å². The molecule has 0 radical (unpaired) electrons. The molecular formula is C23H32N2O. The van der Waals surface area contributed by atoms with E-state index in [0.717, 1.165) is 24.7 Å². The quantitative estimate of drug-likeness (QED) is 0.729. The van der Waals surface area contributed by atoms with E-state index in [-0.39, 0.29) is 11.3 Å². The van der Waals surface area contributed by atoms with Gasteiger partial charge in [-0.05, 0) is 87.0 Å². The SMILES string of the molecule is CCC12C=CC(=O)NC1CCC1C3CCC(/C(C)=C/C#N)C3(C)CCC12. The predicted octanol–water partition coefficient (Wildman–Crippen LogP) is 4.76. The van der Waals surface area contributed by atoms with Crippen LogP contribution < -0.4 is 5.32 Å². The van der Waals surface area contributed by atoms with Gasteiger partial charge in [0, 0.05) is 17.5 Å². The molecule has 4 rings (SSSR count). The Morgan fingerprint density at radius 1 is 1.31 bits per heavy atom. The number of amides is 1.